The van der Waals surface area contributed by atoms with E-state index in [0.29, 0.717) is 25.5 Å². The van der Waals surface area contributed by atoms with Crippen LogP contribution in [0.2, 0.25) is 5.02 Å². The zero-order valence-electron chi connectivity index (χ0n) is 18.8. The molecule has 0 radical (unpaired) electrons. The van der Waals surface area contributed by atoms with Gasteiger partial charge in [-0.05, 0) is 24.3 Å². The average molecular weight is 485 g/mol. The monoisotopic (exact) mass is 484 g/mol. The summed E-state index contributed by atoms with van der Waals surface area (Å²) < 4.78 is 25.0. The lowest BCUT2D eigenvalue weighted by Gasteiger charge is -2.33. The summed E-state index contributed by atoms with van der Waals surface area (Å²) >= 11 is 5.96. The second kappa shape index (κ2) is 8.37. The minimum atomic E-state index is -0.596. The molecular formula is C23H22ClFN6O3. The Kier molecular flexibility index (Phi) is 5.49. The van der Waals surface area contributed by atoms with E-state index in [2.05, 4.69) is 5.10 Å². The minimum absolute atomic E-state index is 0.150. The van der Waals surface area contributed by atoms with Crippen LogP contribution in [0.25, 0.3) is 22.2 Å². The number of hydrogen-bond acceptors (Lipinski definition) is 6. The molecule has 4 aromatic rings. The summed E-state index contributed by atoms with van der Waals surface area (Å²) in [5.41, 5.74) is 0.533. The Balaban J connectivity index is 1.72. The molecule has 1 aliphatic heterocycles. The van der Waals surface area contributed by atoms with Gasteiger partial charge in [-0.3, -0.25) is 18.6 Å². The fourth-order valence-corrected chi connectivity index (χ4v) is 4.47. The molecule has 0 aliphatic carbocycles. The van der Waals surface area contributed by atoms with E-state index in [1.807, 2.05) is 18.1 Å². The van der Waals surface area contributed by atoms with Gasteiger partial charge in [-0.1, -0.05) is 11.6 Å². The van der Waals surface area contributed by atoms with Crippen LogP contribution in [0.1, 0.15) is 11.7 Å². The number of nitrogens with zero attached hydrogens (tertiary/aromatic N) is 6. The number of benzene rings is 1. The number of anilines is 1. The lowest BCUT2D eigenvalue weighted by molar-refractivity contribution is 0.0395. The molecule has 1 fully saturated rings. The van der Waals surface area contributed by atoms with Crippen LogP contribution in [0, 0.1) is 5.82 Å². The number of morpholine rings is 1. The van der Waals surface area contributed by atoms with Gasteiger partial charge in [-0.25, -0.2) is 14.2 Å². The van der Waals surface area contributed by atoms with Crippen molar-refractivity contribution in [3.05, 3.63) is 73.9 Å². The number of pyridine rings is 1. The first-order valence-corrected chi connectivity index (χ1v) is 11.0. The fourth-order valence-electron chi connectivity index (χ4n) is 4.31. The summed E-state index contributed by atoms with van der Waals surface area (Å²) in [4.78, 5) is 32.5. The smallest absolute Gasteiger partial charge is 0.331 e. The normalized spacial score (nSPS) is 16.4. The van der Waals surface area contributed by atoms with Gasteiger partial charge >= 0.3 is 5.69 Å². The molecule has 0 amide bonds. The molecule has 0 bridgehead atoms. The minimum Gasteiger partial charge on any atom is -0.370 e. The van der Waals surface area contributed by atoms with Crippen molar-refractivity contribution in [2.45, 2.75) is 6.10 Å². The number of hydrogen-bond donors (Lipinski definition) is 0. The van der Waals surface area contributed by atoms with Crippen molar-refractivity contribution in [2.24, 2.45) is 21.1 Å². The Hall–Kier alpha value is -3.50. The first-order valence-electron chi connectivity index (χ1n) is 10.7. The van der Waals surface area contributed by atoms with E-state index in [1.54, 1.807) is 23.0 Å². The van der Waals surface area contributed by atoms with Gasteiger partial charge in [0.2, 0.25) is 0 Å². The van der Waals surface area contributed by atoms with Crippen LogP contribution >= 0.6 is 11.6 Å². The number of rotatable bonds is 3. The molecule has 176 valence electrons. The average Bonchev–Trinajstić information content (AvgIpc) is 3.27. The predicted molar refractivity (Wildman–Crippen MR) is 127 cm³/mol. The third kappa shape index (κ3) is 3.68. The topological polar surface area (TPSA) is 87.2 Å². The lowest BCUT2D eigenvalue weighted by Crippen LogP contribution is -2.40. The van der Waals surface area contributed by atoms with Gasteiger partial charge in [-0.2, -0.15) is 5.10 Å². The second-order valence-electron chi connectivity index (χ2n) is 8.31. The zero-order valence-corrected chi connectivity index (χ0v) is 19.6. The largest absolute Gasteiger partial charge is 0.370 e. The fraction of sp³-hybridized carbons (Fsp3) is 0.304. The van der Waals surface area contributed by atoms with Gasteiger partial charge < -0.3 is 9.64 Å². The Labute approximate surface area is 198 Å². The maximum absolute atomic E-state index is 15.0. The molecule has 1 saturated heterocycles. The Bertz CT molecular complexity index is 1540. The third-order valence-electron chi connectivity index (χ3n) is 6.10. The molecule has 1 atom stereocenters. The molecule has 0 saturated carbocycles. The molecule has 34 heavy (non-hydrogen) atoms. The molecule has 0 spiro atoms. The Morgan fingerprint density at radius 2 is 1.94 bits per heavy atom. The predicted octanol–water partition coefficient (Wildman–Crippen LogP) is 2.40. The number of halogens is 2. The van der Waals surface area contributed by atoms with E-state index in [4.69, 9.17) is 21.3 Å². The summed E-state index contributed by atoms with van der Waals surface area (Å²) in [5.74, 6) is -0.105. The van der Waals surface area contributed by atoms with Crippen LogP contribution in [0.3, 0.4) is 0 Å². The highest BCUT2D eigenvalue weighted by Gasteiger charge is 2.26. The number of ether oxygens (including phenoxy) is 1. The molecule has 3 aromatic heterocycles. The summed E-state index contributed by atoms with van der Waals surface area (Å²) in [7, 11) is 4.79. The van der Waals surface area contributed by atoms with Gasteiger partial charge in [0.1, 0.15) is 23.4 Å². The number of fused-ring (bicyclic) bond motifs is 1. The second-order valence-corrected chi connectivity index (χ2v) is 8.74. The van der Waals surface area contributed by atoms with E-state index in [0.717, 1.165) is 10.1 Å². The molecule has 1 aliphatic rings. The summed E-state index contributed by atoms with van der Waals surface area (Å²) in [6.45, 7) is 1.44. The van der Waals surface area contributed by atoms with Crippen LogP contribution < -0.4 is 16.1 Å². The van der Waals surface area contributed by atoms with Crippen LogP contribution in [0.15, 0.2) is 46.2 Å². The maximum atomic E-state index is 15.0. The molecule has 9 nitrogen and oxygen atoms in total. The van der Waals surface area contributed by atoms with Gasteiger partial charge in [0.05, 0.1) is 23.7 Å². The summed E-state index contributed by atoms with van der Waals surface area (Å²) in [6, 6.07) is 5.89. The van der Waals surface area contributed by atoms with E-state index in [1.165, 1.54) is 30.8 Å². The van der Waals surface area contributed by atoms with Crippen LogP contribution in [0.5, 0.6) is 0 Å². The van der Waals surface area contributed by atoms with Crippen LogP contribution in [-0.2, 0) is 25.9 Å². The van der Waals surface area contributed by atoms with Crippen molar-refractivity contribution in [1.29, 1.82) is 0 Å². The van der Waals surface area contributed by atoms with Gasteiger partial charge in [0, 0.05) is 56.6 Å². The summed E-state index contributed by atoms with van der Waals surface area (Å²) in [5, 5.41) is 4.72. The first kappa shape index (κ1) is 22.3. The number of aromatic nitrogens is 5. The van der Waals surface area contributed by atoms with Crippen LogP contribution in [-0.4, -0.2) is 43.6 Å². The SMILES string of the molecule is Cn1cc([C@H]2CN(c3cc4c(=O)n(C)c(=O)n(C)c4c(-c4ccc(Cl)cc4F)n3)CCO2)cn1. The highest BCUT2D eigenvalue weighted by molar-refractivity contribution is 6.30. The van der Waals surface area contributed by atoms with E-state index < -0.39 is 17.1 Å². The van der Waals surface area contributed by atoms with Crippen molar-refractivity contribution in [3.8, 4) is 11.3 Å². The summed E-state index contributed by atoms with van der Waals surface area (Å²) in [6.07, 6.45) is 3.41. The highest BCUT2D eigenvalue weighted by atomic mass is 35.5. The molecule has 1 aromatic carbocycles. The molecule has 0 N–H and O–H groups in total. The molecule has 5 rings (SSSR count). The Morgan fingerprint density at radius 1 is 1.15 bits per heavy atom. The van der Waals surface area contributed by atoms with Crippen molar-refractivity contribution in [3.63, 3.8) is 0 Å². The van der Waals surface area contributed by atoms with Crippen molar-refractivity contribution in [1.82, 2.24) is 23.9 Å². The van der Waals surface area contributed by atoms with Crippen molar-refractivity contribution in [2.75, 3.05) is 24.6 Å². The van der Waals surface area contributed by atoms with E-state index in [9.17, 15) is 14.0 Å². The quantitative estimate of drug-likeness (QED) is 0.444. The van der Waals surface area contributed by atoms with Gasteiger partial charge in [-0.15, -0.1) is 0 Å². The molecule has 4 heterocycles. The molecule has 11 heteroatoms. The third-order valence-corrected chi connectivity index (χ3v) is 6.33. The first-order chi connectivity index (χ1) is 16.2. The maximum Gasteiger partial charge on any atom is 0.331 e. The lowest BCUT2D eigenvalue weighted by atomic mass is 10.1. The van der Waals surface area contributed by atoms with Crippen molar-refractivity contribution >= 4 is 28.3 Å². The van der Waals surface area contributed by atoms with Crippen molar-refractivity contribution < 1.29 is 9.13 Å². The van der Waals surface area contributed by atoms with E-state index in [-0.39, 0.29) is 33.3 Å². The number of aryl methyl sites for hydroxylation is 2. The van der Waals surface area contributed by atoms with E-state index >= 15 is 0 Å². The standard InChI is InChI=1S/C23H22ClFN6O3/c1-28-11-13(10-26-28)18-12-31(6-7-34-18)19-9-16-21(29(2)23(33)30(3)22(16)32)20(27-19)15-5-4-14(24)8-17(15)25/h4-5,8-11,18H,6-7,12H2,1-3H3/t18-/m1/s1. The Morgan fingerprint density at radius 3 is 2.65 bits per heavy atom. The van der Waals surface area contributed by atoms with Crippen LogP contribution in [0.4, 0.5) is 10.2 Å². The molecular weight excluding hydrogens is 463 g/mol. The zero-order chi connectivity index (χ0) is 24.1. The highest BCUT2D eigenvalue weighted by Crippen LogP contribution is 2.33. The van der Waals surface area contributed by atoms with Gasteiger partial charge in [0.25, 0.3) is 5.56 Å². The van der Waals surface area contributed by atoms with Gasteiger partial charge in [0.15, 0.2) is 0 Å². The molecule has 0 unspecified atom stereocenters.